The molecule has 1 aromatic carbocycles. The van der Waals surface area contributed by atoms with Crippen LogP contribution < -0.4 is 65.1 Å². The first kappa shape index (κ1) is 50.1. The molecule has 0 spiro atoms. The van der Waals surface area contributed by atoms with Gasteiger partial charge in [-0.05, 0) is 89.5 Å². The number of hydrogen-bond donors (Lipinski definition) is 13. The Morgan fingerprint density at radius 2 is 1.15 bits per heavy atom. The normalized spacial score (nSPS) is 27.4. The highest BCUT2D eigenvalue weighted by Crippen LogP contribution is 2.11. The van der Waals surface area contributed by atoms with E-state index in [-0.39, 0.29) is 70.6 Å². The Kier molecular flexibility index (Phi) is 21.0. The van der Waals surface area contributed by atoms with E-state index in [1.807, 2.05) is 13.8 Å². The number of nitrogens with two attached hydrogens (primary N) is 3. The molecule has 0 unspecified atom stereocenters. The van der Waals surface area contributed by atoms with Gasteiger partial charge in [-0.25, -0.2) is 0 Å². The minimum absolute atomic E-state index is 0.0132. The van der Waals surface area contributed by atoms with Crippen molar-refractivity contribution in [3.63, 3.8) is 0 Å². The second-order valence-electron chi connectivity index (χ2n) is 15.9. The molecule has 3 rings (SSSR count). The lowest BCUT2D eigenvalue weighted by Crippen LogP contribution is -2.61. The summed E-state index contributed by atoms with van der Waals surface area (Å²) in [6, 6.07) is -0.931. The van der Waals surface area contributed by atoms with Gasteiger partial charge in [0.2, 0.25) is 47.3 Å². The number of aliphatic hydroxyl groups excluding tert-OH is 1. The molecule has 2 heterocycles. The summed E-state index contributed by atoms with van der Waals surface area (Å²) in [4.78, 5) is 110. The van der Waals surface area contributed by atoms with Crippen molar-refractivity contribution in [2.24, 2.45) is 23.1 Å². The van der Waals surface area contributed by atoms with Crippen molar-refractivity contribution >= 4 is 47.3 Å². The van der Waals surface area contributed by atoms with Crippen LogP contribution in [0.4, 0.5) is 0 Å². The van der Waals surface area contributed by atoms with Gasteiger partial charge in [0.05, 0.1) is 12.1 Å². The summed E-state index contributed by atoms with van der Waals surface area (Å²) < 4.78 is 0. The van der Waals surface area contributed by atoms with E-state index in [4.69, 9.17) is 17.2 Å². The lowest BCUT2D eigenvalue weighted by Gasteiger charge is -2.28. The largest absolute Gasteiger partial charge is 0.391 e. The maximum atomic E-state index is 14.2. The minimum atomic E-state index is -1.53. The fourth-order valence-corrected chi connectivity index (χ4v) is 6.99. The molecule has 2 aliphatic heterocycles. The standard InChI is InChI=1S/C40H66N12O9/c1-22(2)20-30-38(59)48-26(11-15-41)34(55)47-28(13-17-43)37(58)52-32(23(3)53)40(61)45-19-14-29(49-33(54)25-10-7-18-44-25)36(57)46-27(12-16-42)35(56)51-31(39(60)50-30)21-24-8-5-4-6-9-24/h4-6,8-9,22-23,25-32,44,53H,7,10-21,41-43H2,1-3H3,(H,45,61)(H,46,57)(H,47,55)(H,48,59)(H,49,54)(H,50,60)(H,51,56)(H,52,58)/t23-,25-,26+,27+,28+,29+,30+,31-,32+/m1/s1. The van der Waals surface area contributed by atoms with Crippen LogP contribution in [-0.2, 0) is 44.8 Å². The Morgan fingerprint density at radius 1 is 0.656 bits per heavy atom. The molecule has 2 fully saturated rings. The molecule has 61 heavy (non-hydrogen) atoms. The summed E-state index contributed by atoms with van der Waals surface area (Å²) >= 11 is 0. The average molecular weight is 859 g/mol. The molecule has 1 aromatic rings. The van der Waals surface area contributed by atoms with Crippen molar-refractivity contribution in [3.05, 3.63) is 35.9 Å². The van der Waals surface area contributed by atoms with Crippen molar-refractivity contribution in [3.8, 4) is 0 Å². The summed E-state index contributed by atoms with van der Waals surface area (Å²) in [6.45, 7) is 5.11. The molecule has 2 aliphatic rings. The summed E-state index contributed by atoms with van der Waals surface area (Å²) in [5.41, 5.74) is 18.2. The molecule has 0 aliphatic carbocycles. The molecule has 0 radical (unpaired) electrons. The second kappa shape index (κ2) is 25.5. The Hall–Kier alpha value is -5.22. The third kappa shape index (κ3) is 16.3. The summed E-state index contributed by atoms with van der Waals surface area (Å²) in [5, 5.41) is 34.7. The topological polar surface area (TPSA) is 343 Å². The van der Waals surface area contributed by atoms with Crippen LogP contribution in [0.25, 0.3) is 0 Å². The molecule has 2 saturated heterocycles. The van der Waals surface area contributed by atoms with Gasteiger partial charge in [0, 0.05) is 13.0 Å². The van der Waals surface area contributed by atoms with E-state index in [1.54, 1.807) is 30.3 Å². The van der Waals surface area contributed by atoms with E-state index in [9.17, 15) is 43.5 Å². The molecule has 21 heteroatoms. The average Bonchev–Trinajstić information content (AvgIpc) is 3.76. The highest BCUT2D eigenvalue weighted by atomic mass is 16.3. The van der Waals surface area contributed by atoms with Gasteiger partial charge in [-0.15, -0.1) is 0 Å². The van der Waals surface area contributed by atoms with Gasteiger partial charge >= 0.3 is 0 Å². The summed E-state index contributed by atoms with van der Waals surface area (Å²) in [5.74, 6) is -6.12. The van der Waals surface area contributed by atoms with Gasteiger partial charge in [0.25, 0.3) is 0 Å². The lowest BCUT2D eigenvalue weighted by molar-refractivity contribution is -0.136. The van der Waals surface area contributed by atoms with Crippen LogP contribution in [0.5, 0.6) is 0 Å². The maximum Gasteiger partial charge on any atom is 0.245 e. The van der Waals surface area contributed by atoms with Gasteiger partial charge < -0.3 is 70.2 Å². The van der Waals surface area contributed by atoms with E-state index < -0.39 is 102 Å². The van der Waals surface area contributed by atoms with E-state index in [0.29, 0.717) is 18.5 Å². The molecule has 0 bridgehead atoms. The molecular formula is C40H66N12O9. The predicted molar refractivity (Wildman–Crippen MR) is 224 cm³/mol. The van der Waals surface area contributed by atoms with Gasteiger partial charge in [-0.2, -0.15) is 0 Å². The predicted octanol–water partition coefficient (Wildman–Crippen LogP) is -4.63. The second-order valence-corrected chi connectivity index (χ2v) is 15.9. The van der Waals surface area contributed by atoms with Crippen LogP contribution in [0.3, 0.4) is 0 Å². The number of rotatable bonds is 13. The van der Waals surface area contributed by atoms with Gasteiger partial charge in [0.15, 0.2) is 0 Å². The fourth-order valence-electron chi connectivity index (χ4n) is 6.99. The number of amides is 8. The van der Waals surface area contributed by atoms with Crippen LogP contribution in [-0.4, -0.2) is 140 Å². The van der Waals surface area contributed by atoms with E-state index in [2.05, 4.69) is 47.9 Å². The smallest absolute Gasteiger partial charge is 0.245 e. The Labute approximate surface area is 356 Å². The number of carbonyl (C=O) groups excluding carboxylic acids is 8. The third-order valence-corrected chi connectivity index (χ3v) is 10.3. The molecule has 8 amide bonds. The van der Waals surface area contributed by atoms with Crippen molar-refractivity contribution in [1.82, 2.24) is 47.9 Å². The Balaban J connectivity index is 2.08. The van der Waals surface area contributed by atoms with Crippen molar-refractivity contribution in [1.29, 1.82) is 0 Å². The summed E-state index contributed by atoms with van der Waals surface area (Å²) in [6.07, 6.45) is -0.462. The van der Waals surface area contributed by atoms with Crippen molar-refractivity contribution in [2.45, 2.75) is 127 Å². The molecule has 16 N–H and O–H groups in total. The third-order valence-electron chi connectivity index (χ3n) is 10.3. The first-order chi connectivity index (χ1) is 29.1. The van der Waals surface area contributed by atoms with E-state index in [1.165, 1.54) is 6.92 Å². The lowest BCUT2D eigenvalue weighted by atomic mass is 10.00. The number of nitrogens with one attached hydrogen (secondary N) is 9. The van der Waals surface area contributed by atoms with Crippen LogP contribution >= 0.6 is 0 Å². The van der Waals surface area contributed by atoms with Gasteiger partial charge in [-0.1, -0.05) is 44.2 Å². The monoisotopic (exact) mass is 859 g/mol. The van der Waals surface area contributed by atoms with E-state index in [0.717, 1.165) is 6.42 Å². The molecule has 9 atom stereocenters. The van der Waals surface area contributed by atoms with Crippen LogP contribution in [0.15, 0.2) is 30.3 Å². The molecule has 0 aromatic heterocycles. The van der Waals surface area contributed by atoms with Gasteiger partial charge in [-0.3, -0.25) is 38.4 Å². The van der Waals surface area contributed by atoms with E-state index >= 15 is 0 Å². The molecular weight excluding hydrogens is 793 g/mol. The first-order valence-electron chi connectivity index (χ1n) is 21.0. The molecule has 340 valence electrons. The number of hydrogen-bond acceptors (Lipinski definition) is 13. The van der Waals surface area contributed by atoms with Crippen LogP contribution in [0.2, 0.25) is 0 Å². The number of aliphatic hydroxyl groups is 1. The number of carbonyl (C=O) groups is 8. The highest BCUT2D eigenvalue weighted by Gasteiger charge is 2.36. The quantitative estimate of drug-likeness (QED) is 0.0889. The molecule has 0 saturated carbocycles. The fraction of sp³-hybridized carbons (Fsp3) is 0.650. The zero-order chi connectivity index (χ0) is 45.1. The first-order valence-corrected chi connectivity index (χ1v) is 21.0. The van der Waals surface area contributed by atoms with Crippen molar-refractivity contribution in [2.75, 3.05) is 32.7 Å². The highest BCUT2D eigenvalue weighted by molar-refractivity contribution is 5.98. The maximum absolute atomic E-state index is 14.2. The minimum Gasteiger partial charge on any atom is -0.391 e. The zero-order valence-electron chi connectivity index (χ0n) is 35.3. The SMILES string of the molecule is CC(C)C[C@@H]1NC(=O)[C@@H](Cc2ccccc2)NC(=O)[C@H](CCN)NC(=O)[C@@H](NC(=O)[C@H]2CCCN2)CCNC(=O)[C@H]([C@@H](C)O)NC(=O)[C@H](CCN)NC(=O)[C@H](CCN)NC1=O. The number of benzene rings is 1. The molecule has 21 nitrogen and oxygen atoms in total. The van der Waals surface area contributed by atoms with Gasteiger partial charge in [0.1, 0.15) is 42.3 Å². The Bertz CT molecular complexity index is 1640. The van der Waals surface area contributed by atoms with Crippen LogP contribution in [0, 0.1) is 5.92 Å². The Morgan fingerprint density at radius 3 is 1.66 bits per heavy atom. The zero-order valence-corrected chi connectivity index (χ0v) is 35.3. The summed E-state index contributed by atoms with van der Waals surface area (Å²) in [7, 11) is 0. The van der Waals surface area contributed by atoms with Crippen LogP contribution in [0.1, 0.15) is 71.3 Å². The van der Waals surface area contributed by atoms with Crippen molar-refractivity contribution < 1.29 is 43.5 Å².